The molecular formula is C16H9BrF5NO2S. The van der Waals surface area contributed by atoms with Crippen LogP contribution in [0.25, 0.3) is 10.9 Å². The topological polar surface area (TPSA) is 39.1 Å². The van der Waals surface area contributed by atoms with Gasteiger partial charge in [-0.3, -0.25) is 0 Å². The lowest BCUT2D eigenvalue weighted by Crippen LogP contribution is -2.18. The molecule has 3 aromatic rings. The SMILES string of the molecule is O=S(=O)(c1ccccc1C(F)(F)F)n1cc(C(F)F)c2ccc(Br)cc21. The fraction of sp³-hybridized carbons (Fsp3) is 0.125. The van der Waals surface area contributed by atoms with Gasteiger partial charge in [-0.15, -0.1) is 0 Å². The molecule has 1 heterocycles. The van der Waals surface area contributed by atoms with Gasteiger partial charge >= 0.3 is 6.18 Å². The van der Waals surface area contributed by atoms with Gasteiger partial charge in [0, 0.05) is 21.6 Å². The molecule has 1 aromatic heterocycles. The van der Waals surface area contributed by atoms with Gasteiger partial charge in [-0.2, -0.15) is 13.2 Å². The Morgan fingerprint density at radius 1 is 1.04 bits per heavy atom. The Morgan fingerprint density at radius 3 is 2.31 bits per heavy atom. The average Bonchev–Trinajstić information content (AvgIpc) is 2.93. The van der Waals surface area contributed by atoms with Crippen LogP contribution < -0.4 is 0 Å². The Balaban J connectivity index is 2.36. The summed E-state index contributed by atoms with van der Waals surface area (Å²) in [6.07, 6.45) is -7.25. The summed E-state index contributed by atoms with van der Waals surface area (Å²) in [5, 5.41) is -0.0590. The van der Waals surface area contributed by atoms with Crippen LogP contribution in [0.1, 0.15) is 17.6 Å². The van der Waals surface area contributed by atoms with E-state index < -0.39 is 38.6 Å². The summed E-state index contributed by atoms with van der Waals surface area (Å²) in [5.74, 6) is 0. The Bertz CT molecular complexity index is 1090. The lowest BCUT2D eigenvalue weighted by atomic mass is 10.2. The largest absolute Gasteiger partial charge is 0.417 e. The van der Waals surface area contributed by atoms with Crippen LogP contribution in [0.4, 0.5) is 22.0 Å². The minimum absolute atomic E-state index is 0.0590. The molecule has 0 aliphatic heterocycles. The highest BCUT2D eigenvalue weighted by Gasteiger charge is 2.38. The zero-order valence-electron chi connectivity index (χ0n) is 12.6. The van der Waals surface area contributed by atoms with E-state index in [9.17, 15) is 30.4 Å². The molecule has 0 aliphatic rings. The molecule has 3 rings (SSSR count). The van der Waals surface area contributed by atoms with E-state index in [0.29, 0.717) is 20.7 Å². The van der Waals surface area contributed by atoms with Gasteiger partial charge in [0.1, 0.15) is 4.90 Å². The van der Waals surface area contributed by atoms with Crippen molar-refractivity contribution in [3.8, 4) is 0 Å². The van der Waals surface area contributed by atoms with Crippen molar-refractivity contribution in [1.82, 2.24) is 3.97 Å². The molecule has 26 heavy (non-hydrogen) atoms. The summed E-state index contributed by atoms with van der Waals surface area (Å²) in [6, 6.07) is 7.59. The molecule has 2 aromatic carbocycles. The summed E-state index contributed by atoms with van der Waals surface area (Å²) < 4.78 is 92.7. The van der Waals surface area contributed by atoms with Crippen molar-refractivity contribution in [3.05, 3.63) is 64.3 Å². The Labute approximate surface area is 153 Å². The number of hydrogen-bond donors (Lipinski definition) is 0. The molecule has 0 radical (unpaired) electrons. The molecule has 0 saturated heterocycles. The predicted octanol–water partition coefficient (Wildman–Crippen LogP) is 5.60. The highest BCUT2D eigenvalue weighted by molar-refractivity contribution is 9.10. The summed E-state index contributed by atoms with van der Waals surface area (Å²) in [6.45, 7) is 0. The highest BCUT2D eigenvalue weighted by atomic mass is 79.9. The summed E-state index contributed by atoms with van der Waals surface area (Å²) in [5.41, 5.74) is -2.09. The molecule has 0 aliphatic carbocycles. The monoisotopic (exact) mass is 453 g/mol. The maximum absolute atomic E-state index is 13.3. The standard InChI is InChI=1S/C16H9BrF5NO2S/c17-9-5-6-10-11(15(18)19)8-23(13(10)7-9)26(24,25)14-4-2-1-3-12(14)16(20,21)22/h1-8,15H. The van der Waals surface area contributed by atoms with Crippen molar-refractivity contribution >= 4 is 36.9 Å². The van der Waals surface area contributed by atoms with Gasteiger partial charge in [0.2, 0.25) is 0 Å². The van der Waals surface area contributed by atoms with Gasteiger partial charge in [-0.1, -0.05) is 34.1 Å². The van der Waals surface area contributed by atoms with Crippen LogP contribution in [0, 0.1) is 0 Å². The van der Waals surface area contributed by atoms with Crippen molar-refractivity contribution in [1.29, 1.82) is 0 Å². The molecule has 0 unspecified atom stereocenters. The molecule has 0 saturated carbocycles. The van der Waals surface area contributed by atoms with Gasteiger partial charge in [0.05, 0.1) is 11.1 Å². The van der Waals surface area contributed by atoms with Crippen molar-refractivity contribution < 1.29 is 30.4 Å². The molecule has 0 atom stereocenters. The molecule has 138 valence electrons. The molecule has 3 nitrogen and oxygen atoms in total. The van der Waals surface area contributed by atoms with Crippen molar-refractivity contribution in [3.63, 3.8) is 0 Å². The van der Waals surface area contributed by atoms with Crippen molar-refractivity contribution in [2.24, 2.45) is 0 Å². The van der Waals surface area contributed by atoms with E-state index >= 15 is 0 Å². The molecular weight excluding hydrogens is 445 g/mol. The zero-order valence-corrected chi connectivity index (χ0v) is 15.0. The maximum Gasteiger partial charge on any atom is 0.417 e. The van der Waals surface area contributed by atoms with Gasteiger partial charge in [0.25, 0.3) is 16.4 Å². The van der Waals surface area contributed by atoms with Crippen LogP contribution in [-0.4, -0.2) is 12.4 Å². The normalized spacial score (nSPS) is 12.9. The quantitative estimate of drug-likeness (QED) is 0.484. The van der Waals surface area contributed by atoms with Gasteiger partial charge < -0.3 is 0 Å². The highest BCUT2D eigenvalue weighted by Crippen LogP contribution is 2.38. The first kappa shape index (κ1) is 18.8. The first-order valence-electron chi connectivity index (χ1n) is 7.04. The summed E-state index contributed by atoms with van der Waals surface area (Å²) in [4.78, 5) is -1.01. The maximum atomic E-state index is 13.3. The third kappa shape index (κ3) is 3.11. The Kier molecular flexibility index (Phi) is 4.60. The number of fused-ring (bicyclic) bond motifs is 1. The smallest absolute Gasteiger partial charge is 0.241 e. The minimum atomic E-state index is -4.92. The second-order valence-corrected chi connectivity index (χ2v) is 8.04. The summed E-state index contributed by atoms with van der Waals surface area (Å²) in [7, 11) is -4.77. The van der Waals surface area contributed by atoms with E-state index in [1.807, 2.05) is 0 Å². The van der Waals surface area contributed by atoms with Crippen molar-refractivity contribution in [2.45, 2.75) is 17.5 Å². The number of halogens is 6. The number of alkyl halides is 5. The van der Waals surface area contributed by atoms with E-state index in [0.717, 1.165) is 18.2 Å². The number of benzene rings is 2. The lowest BCUT2D eigenvalue weighted by molar-refractivity contribution is -0.139. The number of nitrogens with zero attached hydrogens (tertiary/aromatic N) is 1. The third-order valence-electron chi connectivity index (χ3n) is 3.73. The van der Waals surface area contributed by atoms with Crippen LogP contribution in [0.2, 0.25) is 0 Å². The molecule has 0 bridgehead atoms. The van der Waals surface area contributed by atoms with Crippen LogP contribution in [0.3, 0.4) is 0 Å². The first-order valence-corrected chi connectivity index (χ1v) is 9.27. The second kappa shape index (κ2) is 6.34. The third-order valence-corrected chi connectivity index (χ3v) is 5.95. The van der Waals surface area contributed by atoms with E-state index in [1.54, 1.807) is 0 Å². The Morgan fingerprint density at radius 2 is 1.69 bits per heavy atom. The van der Waals surface area contributed by atoms with Crippen LogP contribution in [0.15, 0.2) is 58.0 Å². The molecule has 0 spiro atoms. The summed E-state index contributed by atoms with van der Waals surface area (Å²) >= 11 is 3.11. The molecule has 0 N–H and O–H groups in total. The number of hydrogen-bond acceptors (Lipinski definition) is 2. The van der Waals surface area contributed by atoms with E-state index in [2.05, 4.69) is 15.9 Å². The first-order chi connectivity index (χ1) is 12.0. The van der Waals surface area contributed by atoms with E-state index in [1.165, 1.54) is 18.2 Å². The minimum Gasteiger partial charge on any atom is -0.241 e. The number of rotatable bonds is 3. The molecule has 0 fully saturated rings. The predicted molar refractivity (Wildman–Crippen MR) is 88.6 cm³/mol. The zero-order chi connectivity index (χ0) is 19.3. The lowest BCUT2D eigenvalue weighted by Gasteiger charge is -2.14. The number of aromatic nitrogens is 1. The van der Waals surface area contributed by atoms with Crippen LogP contribution in [-0.2, 0) is 16.2 Å². The fourth-order valence-electron chi connectivity index (χ4n) is 2.60. The Hall–Kier alpha value is -1.94. The van der Waals surface area contributed by atoms with Gasteiger partial charge in [-0.05, 0) is 24.3 Å². The fourth-order valence-corrected chi connectivity index (χ4v) is 4.54. The van der Waals surface area contributed by atoms with Gasteiger partial charge in [0.15, 0.2) is 0 Å². The van der Waals surface area contributed by atoms with E-state index in [-0.39, 0.29) is 10.9 Å². The average molecular weight is 454 g/mol. The van der Waals surface area contributed by atoms with Crippen LogP contribution >= 0.6 is 15.9 Å². The molecule has 10 heteroatoms. The second-order valence-electron chi connectivity index (χ2n) is 5.34. The van der Waals surface area contributed by atoms with E-state index in [4.69, 9.17) is 0 Å². The molecule has 0 amide bonds. The van der Waals surface area contributed by atoms with Gasteiger partial charge in [-0.25, -0.2) is 21.2 Å². The van der Waals surface area contributed by atoms with Crippen LogP contribution in [0.5, 0.6) is 0 Å². The van der Waals surface area contributed by atoms with Crippen molar-refractivity contribution in [2.75, 3.05) is 0 Å².